The highest BCUT2D eigenvalue weighted by atomic mass is 16.6. The molecular weight excluding hydrogens is 225 g/mol. The van der Waals surface area contributed by atoms with Gasteiger partial charge in [0.05, 0.1) is 5.52 Å². The standard InChI is InChI=1S/C14H16BNO2/c1-9-12(15)10-7-5-6-8-11(10)16(9)13(17)18-14(2,3)4/h5-8H,1-4H3. The van der Waals surface area contributed by atoms with Crippen molar-refractivity contribution >= 4 is 30.3 Å². The third-order valence-corrected chi connectivity index (χ3v) is 2.74. The SMILES string of the molecule is [B]c1c(C)n(C(=O)OC(C)(C)C)c2ccccc12. The molecule has 1 heterocycles. The lowest BCUT2D eigenvalue weighted by atomic mass is 9.93. The quantitative estimate of drug-likeness (QED) is 0.663. The number of hydrogen-bond acceptors (Lipinski definition) is 2. The fourth-order valence-corrected chi connectivity index (χ4v) is 1.94. The van der Waals surface area contributed by atoms with Crippen molar-refractivity contribution in [2.75, 3.05) is 0 Å². The number of ether oxygens (including phenoxy) is 1. The Morgan fingerprint density at radius 2 is 1.89 bits per heavy atom. The van der Waals surface area contributed by atoms with Gasteiger partial charge < -0.3 is 4.74 Å². The molecule has 0 saturated carbocycles. The van der Waals surface area contributed by atoms with Crippen LogP contribution in [0.3, 0.4) is 0 Å². The van der Waals surface area contributed by atoms with Gasteiger partial charge >= 0.3 is 6.09 Å². The number of para-hydroxylation sites is 1. The predicted octanol–water partition coefficient (Wildman–Crippen LogP) is 2.53. The van der Waals surface area contributed by atoms with Gasteiger partial charge in [0.25, 0.3) is 0 Å². The van der Waals surface area contributed by atoms with Crippen LogP contribution in [0.15, 0.2) is 24.3 Å². The summed E-state index contributed by atoms with van der Waals surface area (Å²) in [5.74, 6) is 0. The van der Waals surface area contributed by atoms with Gasteiger partial charge in [-0.25, -0.2) is 4.79 Å². The van der Waals surface area contributed by atoms with Gasteiger partial charge in [-0.1, -0.05) is 23.7 Å². The summed E-state index contributed by atoms with van der Waals surface area (Å²) in [6.45, 7) is 7.35. The minimum absolute atomic E-state index is 0.395. The Bertz CT molecular complexity index is 608. The number of carbonyl (C=O) groups is 1. The Hall–Kier alpha value is -1.71. The van der Waals surface area contributed by atoms with Crippen molar-refractivity contribution in [3.63, 3.8) is 0 Å². The summed E-state index contributed by atoms with van der Waals surface area (Å²) >= 11 is 0. The lowest BCUT2D eigenvalue weighted by Crippen LogP contribution is -2.28. The summed E-state index contributed by atoms with van der Waals surface area (Å²) in [6.07, 6.45) is -0.395. The molecule has 2 radical (unpaired) electrons. The van der Waals surface area contributed by atoms with Crippen molar-refractivity contribution in [3.8, 4) is 0 Å². The van der Waals surface area contributed by atoms with Crippen LogP contribution in [0, 0.1) is 6.92 Å². The number of hydrogen-bond donors (Lipinski definition) is 0. The molecule has 2 aromatic rings. The van der Waals surface area contributed by atoms with E-state index in [1.807, 2.05) is 52.0 Å². The maximum atomic E-state index is 12.2. The van der Waals surface area contributed by atoms with Gasteiger partial charge in [0, 0.05) is 5.69 Å². The van der Waals surface area contributed by atoms with Crippen LogP contribution in [-0.2, 0) is 4.74 Å². The molecule has 1 aromatic heterocycles. The summed E-state index contributed by atoms with van der Waals surface area (Å²) in [4.78, 5) is 12.2. The Balaban J connectivity index is 2.58. The minimum atomic E-state index is -0.524. The van der Waals surface area contributed by atoms with E-state index in [0.717, 1.165) is 10.9 Å². The molecule has 0 spiro atoms. The maximum absolute atomic E-state index is 12.2. The van der Waals surface area contributed by atoms with Gasteiger partial charge in [0.15, 0.2) is 0 Å². The van der Waals surface area contributed by atoms with Crippen molar-refractivity contribution in [1.29, 1.82) is 0 Å². The minimum Gasteiger partial charge on any atom is -0.443 e. The van der Waals surface area contributed by atoms with Crippen molar-refractivity contribution < 1.29 is 9.53 Å². The molecule has 0 fully saturated rings. The third-order valence-electron chi connectivity index (χ3n) is 2.74. The van der Waals surface area contributed by atoms with E-state index < -0.39 is 11.7 Å². The van der Waals surface area contributed by atoms with Crippen LogP contribution in [0.2, 0.25) is 0 Å². The molecule has 3 nitrogen and oxygen atoms in total. The summed E-state index contributed by atoms with van der Waals surface area (Å²) < 4.78 is 6.92. The first kappa shape index (κ1) is 12.7. The number of aromatic nitrogens is 1. The first-order valence-corrected chi connectivity index (χ1v) is 5.90. The monoisotopic (exact) mass is 241 g/mol. The van der Waals surface area contributed by atoms with Crippen LogP contribution in [0.25, 0.3) is 10.9 Å². The van der Waals surface area contributed by atoms with E-state index in [1.54, 1.807) is 0 Å². The molecule has 1 aromatic carbocycles. The molecule has 0 aliphatic heterocycles. The molecule has 0 bridgehead atoms. The summed E-state index contributed by atoms with van der Waals surface area (Å²) in [6, 6.07) is 7.54. The van der Waals surface area contributed by atoms with Crippen molar-refractivity contribution in [2.45, 2.75) is 33.3 Å². The zero-order valence-corrected chi connectivity index (χ0v) is 11.2. The van der Waals surface area contributed by atoms with E-state index in [1.165, 1.54) is 4.57 Å². The number of nitrogens with zero attached hydrogens (tertiary/aromatic N) is 1. The van der Waals surface area contributed by atoms with Crippen molar-refractivity contribution in [1.82, 2.24) is 4.57 Å². The second-order valence-corrected chi connectivity index (χ2v) is 5.33. The normalized spacial score (nSPS) is 11.8. The fourth-order valence-electron chi connectivity index (χ4n) is 1.94. The van der Waals surface area contributed by atoms with Crippen LogP contribution in [0.4, 0.5) is 4.79 Å². The second kappa shape index (κ2) is 4.20. The summed E-state index contributed by atoms with van der Waals surface area (Å²) in [5, 5.41) is 0.876. The zero-order chi connectivity index (χ0) is 13.5. The van der Waals surface area contributed by atoms with E-state index in [2.05, 4.69) is 0 Å². The van der Waals surface area contributed by atoms with E-state index >= 15 is 0 Å². The van der Waals surface area contributed by atoms with Gasteiger partial charge in [-0.2, -0.15) is 0 Å². The van der Waals surface area contributed by atoms with Crippen molar-refractivity contribution in [2.24, 2.45) is 0 Å². The number of carbonyl (C=O) groups excluding carboxylic acids is 1. The average Bonchev–Trinajstić information content (AvgIpc) is 2.50. The van der Waals surface area contributed by atoms with Crippen LogP contribution < -0.4 is 5.46 Å². The molecule has 4 heteroatoms. The lowest BCUT2D eigenvalue weighted by molar-refractivity contribution is 0.0542. The van der Waals surface area contributed by atoms with E-state index in [0.29, 0.717) is 11.2 Å². The molecule has 0 N–H and O–H groups in total. The van der Waals surface area contributed by atoms with Gasteiger partial charge in [0.1, 0.15) is 13.4 Å². The van der Waals surface area contributed by atoms with Crippen LogP contribution >= 0.6 is 0 Å². The third kappa shape index (κ3) is 2.15. The summed E-state index contributed by atoms with van der Waals surface area (Å²) in [5.41, 5.74) is 1.59. The van der Waals surface area contributed by atoms with Gasteiger partial charge in [-0.05, 0) is 39.1 Å². The number of fused-ring (bicyclic) bond motifs is 1. The van der Waals surface area contributed by atoms with E-state index in [4.69, 9.17) is 12.6 Å². The fraction of sp³-hybridized carbons (Fsp3) is 0.357. The number of rotatable bonds is 0. The topological polar surface area (TPSA) is 31.2 Å². The smallest absolute Gasteiger partial charge is 0.419 e. The van der Waals surface area contributed by atoms with Crippen molar-refractivity contribution in [3.05, 3.63) is 30.0 Å². The highest BCUT2D eigenvalue weighted by Gasteiger charge is 2.21. The van der Waals surface area contributed by atoms with Gasteiger partial charge in [0.2, 0.25) is 0 Å². The van der Waals surface area contributed by atoms with E-state index in [9.17, 15) is 4.79 Å². The molecule has 18 heavy (non-hydrogen) atoms. The molecular formula is C14H16BNO2. The van der Waals surface area contributed by atoms with E-state index in [-0.39, 0.29) is 0 Å². The molecule has 0 atom stereocenters. The highest BCUT2D eigenvalue weighted by molar-refractivity contribution is 6.40. The Kier molecular flexibility index (Phi) is 2.97. The van der Waals surface area contributed by atoms with Gasteiger partial charge in [-0.15, -0.1) is 0 Å². The first-order valence-electron chi connectivity index (χ1n) is 5.90. The van der Waals surface area contributed by atoms with Crippen LogP contribution in [0.5, 0.6) is 0 Å². The maximum Gasteiger partial charge on any atom is 0.419 e. The lowest BCUT2D eigenvalue weighted by Gasteiger charge is -2.20. The second-order valence-electron chi connectivity index (χ2n) is 5.33. The number of benzene rings is 1. The largest absolute Gasteiger partial charge is 0.443 e. The molecule has 0 unspecified atom stereocenters. The molecule has 2 rings (SSSR count). The zero-order valence-electron chi connectivity index (χ0n) is 11.2. The van der Waals surface area contributed by atoms with Crippen LogP contribution in [0.1, 0.15) is 26.5 Å². The highest BCUT2D eigenvalue weighted by Crippen LogP contribution is 2.18. The first-order chi connectivity index (χ1) is 8.31. The molecule has 0 saturated heterocycles. The Morgan fingerprint density at radius 1 is 1.28 bits per heavy atom. The molecule has 92 valence electrons. The summed E-state index contributed by atoms with van der Waals surface area (Å²) in [7, 11) is 6.01. The molecule has 0 aliphatic rings. The average molecular weight is 241 g/mol. The molecule has 0 amide bonds. The predicted molar refractivity (Wildman–Crippen MR) is 73.7 cm³/mol. The molecule has 0 aliphatic carbocycles. The Labute approximate surface area is 108 Å². The van der Waals surface area contributed by atoms with Gasteiger partial charge in [-0.3, -0.25) is 4.57 Å². The Morgan fingerprint density at radius 3 is 2.50 bits per heavy atom. The van der Waals surface area contributed by atoms with Crippen LogP contribution in [-0.4, -0.2) is 24.1 Å².